The molecule has 18 heavy (non-hydrogen) atoms. The highest BCUT2D eigenvalue weighted by Crippen LogP contribution is 2.26. The molecule has 3 aromatic rings. The number of nitrogens with zero attached hydrogens (tertiary/aromatic N) is 1. The summed E-state index contributed by atoms with van der Waals surface area (Å²) in [4.78, 5) is 5.62. The molecule has 5 heteroatoms. The second-order valence-electron chi connectivity index (χ2n) is 4.13. The van der Waals surface area contributed by atoms with E-state index < -0.39 is 0 Å². The summed E-state index contributed by atoms with van der Waals surface area (Å²) in [5.41, 5.74) is 7.91. The van der Waals surface area contributed by atoms with Crippen molar-refractivity contribution in [2.45, 2.75) is 13.0 Å². The minimum absolute atomic E-state index is 0.176. The number of nitrogen functional groups attached to an aromatic ring is 1. The number of fused-ring (bicyclic) bond motifs is 1. The van der Waals surface area contributed by atoms with Crippen molar-refractivity contribution in [2.75, 3.05) is 11.1 Å². The Hall–Kier alpha value is -2.01. The maximum Gasteiger partial charge on any atom is 0.296 e. The van der Waals surface area contributed by atoms with Crippen molar-refractivity contribution in [3.05, 3.63) is 40.6 Å². The number of thiophene rings is 1. The summed E-state index contributed by atoms with van der Waals surface area (Å²) in [6.45, 7) is 2.08. The first kappa shape index (κ1) is 11.1. The summed E-state index contributed by atoms with van der Waals surface area (Å²) in [6.07, 6.45) is 0. The van der Waals surface area contributed by atoms with E-state index in [0.717, 1.165) is 11.1 Å². The van der Waals surface area contributed by atoms with E-state index in [4.69, 9.17) is 10.2 Å². The Labute approximate surface area is 108 Å². The van der Waals surface area contributed by atoms with Crippen LogP contribution in [0.15, 0.2) is 40.1 Å². The monoisotopic (exact) mass is 259 g/mol. The summed E-state index contributed by atoms with van der Waals surface area (Å²) in [6, 6.07) is 10.3. The van der Waals surface area contributed by atoms with Crippen molar-refractivity contribution in [3.8, 4) is 0 Å². The molecule has 3 rings (SSSR count). The van der Waals surface area contributed by atoms with Gasteiger partial charge in [-0.05, 0) is 36.6 Å². The molecule has 1 unspecified atom stereocenters. The number of aromatic nitrogens is 1. The molecule has 4 nitrogen and oxygen atoms in total. The molecule has 0 spiro atoms. The molecule has 0 aliphatic heterocycles. The van der Waals surface area contributed by atoms with Gasteiger partial charge < -0.3 is 15.5 Å². The minimum atomic E-state index is 0.176. The van der Waals surface area contributed by atoms with Crippen LogP contribution >= 0.6 is 11.3 Å². The molecule has 0 saturated carbocycles. The van der Waals surface area contributed by atoms with Crippen LogP contribution in [0.25, 0.3) is 11.1 Å². The molecule has 0 radical (unpaired) electrons. The third-order valence-electron chi connectivity index (χ3n) is 2.72. The Morgan fingerprint density at radius 2 is 2.28 bits per heavy atom. The van der Waals surface area contributed by atoms with Gasteiger partial charge in [-0.25, -0.2) is 0 Å². The third kappa shape index (κ3) is 2.04. The minimum Gasteiger partial charge on any atom is -0.424 e. The Bertz CT molecular complexity index is 660. The van der Waals surface area contributed by atoms with Gasteiger partial charge in [-0.2, -0.15) is 4.98 Å². The molecule has 0 amide bonds. The van der Waals surface area contributed by atoms with E-state index in [1.807, 2.05) is 12.1 Å². The van der Waals surface area contributed by atoms with Gasteiger partial charge in [0.25, 0.3) is 6.01 Å². The average molecular weight is 259 g/mol. The highest BCUT2D eigenvalue weighted by molar-refractivity contribution is 7.10. The zero-order chi connectivity index (χ0) is 12.5. The number of hydrogen-bond donors (Lipinski definition) is 2. The normalized spacial score (nSPS) is 12.7. The third-order valence-corrected chi connectivity index (χ3v) is 3.78. The van der Waals surface area contributed by atoms with E-state index in [9.17, 15) is 0 Å². The maximum atomic E-state index is 5.71. The molecule has 3 N–H and O–H groups in total. The number of benzene rings is 1. The van der Waals surface area contributed by atoms with Gasteiger partial charge in [0.05, 0.1) is 6.04 Å². The smallest absolute Gasteiger partial charge is 0.296 e. The van der Waals surface area contributed by atoms with Crippen LogP contribution in [-0.4, -0.2) is 4.98 Å². The van der Waals surface area contributed by atoms with Crippen molar-refractivity contribution in [3.63, 3.8) is 0 Å². The first-order chi connectivity index (χ1) is 8.72. The van der Waals surface area contributed by atoms with Crippen LogP contribution in [0.3, 0.4) is 0 Å². The largest absolute Gasteiger partial charge is 0.424 e. The van der Waals surface area contributed by atoms with Crippen LogP contribution in [0.2, 0.25) is 0 Å². The molecular weight excluding hydrogens is 246 g/mol. The lowest BCUT2D eigenvalue weighted by Gasteiger charge is -2.08. The zero-order valence-corrected chi connectivity index (χ0v) is 10.7. The fourth-order valence-corrected chi connectivity index (χ4v) is 2.53. The zero-order valence-electron chi connectivity index (χ0n) is 9.88. The Kier molecular flexibility index (Phi) is 2.68. The lowest BCUT2D eigenvalue weighted by atomic mass is 10.3. The van der Waals surface area contributed by atoms with Gasteiger partial charge in [-0.15, -0.1) is 11.3 Å². The first-order valence-electron chi connectivity index (χ1n) is 5.68. The van der Waals surface area contributed by atoms with Gasteiger partial charge in [0, 0.05) is 10.6 Å². The van der Waals surface area contributed by atoms with E-state index in [2.05, 4.69) is 28.7 Å². The fourth-order valence-electron chi connectivity index (χ4n) is 1.80. The molecule has 0 aliphatic carbocycles. The molecule has 0 saturated heterocycles. The van der Waals surface area contributed by atoms with Gasteiger partial charge in [0.1, 0.15) is 5.52 Å². The molecule has 2 aromatic heterocycles. The van der Waals surface area contributed by atoms with Crippen LogP contribution in [0.4, 0.5) is 11.7 Å². The summed E-state index contributed by atoms with van der Waals surface area (Å²) < 4.78 is 5.62. The Morgan fingerprint density at radius 3 is 3.06 bits per heavy atom. The Morgan fingerprint density at radius 1 is 1.39 bits per heavy atom. The standard InChI is InChI=1S/C13H13N3OS/c1-8(12-3-2-6-18-12)15-13-16-10-7-9(14)4-5-11(10)17-13/h2-8H,14H2,1H3,(H,15,16). The van der Waals surface area contributed by atoms with Crippen LogP contribution in [-0.2, 0) is 0 Å². The summed E-state index contributed by atoms with van der Waals surface area (Å²) in [5.74, 6) is 0. The quantitative estimate of drug-likeness (QED) is 0.705. The van der Waals surface area contributed by atoms with Crippen molar-refractivity contribution in [1.82, 2.24) is 4.98 Å². The maximum absolute atomic E-state index is 5.71. The van der Waals surface area contributed by atoms with Gasteiger partial charge in [-0.1, -0.05) is 6.07 Å². The molecule has 92 valence electrons. The Balaban J connectivity index is 1.86. The van der Waals surface area contributed by atoms with Gasteiger partial charge in [0.15, 0.2) is 5.58 Å². The number of hydrogen-bond acceptors (Lipinski definition) is 5. The van der Waals surface area contributed by atoms with Gasteiger partial charge in [-0.3, -0.25) is 0 Å². The summed E-state index contributed by atoms with van der Waals surface area (Å²) >= 11 is 1.71. The molecule has 1 atom stereocenters. The molecule has 0 aliphatic rings. The number of anilines is 2. The predicted octanol–water partition coefficient (Wildman–Crippen LogP) is 3.64. The van der Waals surface area contributed by atoms with Crippen LogP contribution in [0, 0.1) is 0 Å². The number of rotatable bonds is 3. The van der Waals surface area contributed by atoms with Crippen LogP contribution < -0.4 is 11.1 Å². The van der Waals surface area contributed by atoms with Crippen molar-refractivity contribution >= 4 is 34.1 Å². The SMILES string of the molecule is CC(Nc1nc2cc(N)ccc2o1)c1cccs1. The average Bonchev–Trinajstić information content (AvgIpc) is 2.95. The highest BCUT2D eigenvalue weighted by atomic mass is 32.1. The molecule has 0 bridgehead atoms. The summed E-state index contributed by atoms with van der Waals surface area (Å²) in [5, 5.41) is 5.30. The number of nitrogens with two attached hydrogens (primary N) is 1. The van der Waals surface area contributed by atoms with Gasteiger partial charge in [0.2, 0.25) is 0 Å². The van der Waals surface area contributed by atoms with Crippen molar-refractivity contribution in [2.24, 2.45) is 0 Å². The van der Waals surface area contributed by atoms with E-state index in [0.29, 0.717) is 11.7 Å². The molecule has 1 aromatic carbocycles. The van der Waals surface area contributed by atoms with E-state index >= 15 is 0 Å². The van der Waals surface area contributed by atoms with E-state index in [1.54, 1.807) is 23.5 Å². The molecule has 0 fully saturated rings. The predicted molar refractivity (Wildman–Crippen MR) is 74.8 cm³/mol. The topological polar surface area (TPSA) is 64.1 Å². The van der Waals surface area contributed by atoms with Crippen LogP contribution in [0.1, 0.15) is 17.8 Å². The lowest BCUT2D eigenvalue weighted by Crippen LogP contribution is -2.04. The van der Waals surface area contributed by atoms with Crippen LogP contribution in [0.5, 0.6) is 0 Å². The summed E-state index contributed by atoms with van der Waals surface area (Å²) in [7, 11) is 0. The second kappa shape index (κ2) is 4.34. The highest BCUT2D eigenvalue weighted by Gasteiger charge is 2.11. The lowest BCUT2D eigenvalue weighted by molar-refractivity contribution is 0.605. The number of oxazole rings is 1. The molecular formula is C13H13N3OS. The molecule has 2 heterocycles. The van der Waals surface area contributed by atoms with E-state index in [1.165, 1.54) is 4.88 Å². The van der Waals surface area contributed by atoms with Gasteiger partial charge >= 0.3 is 0 Å². The van der Waals surface area contributed by atoms with E-state index in [-0.39, 0.29) is 6.04 Å². The second-order valence-corrected chi connectivity index (χ2v) is 5.11. The first-order valence-corrected chi connectivity index (χ1v) is 6.56. The fraction of sp³-hybridized carbons (Fsp3) is 0.154. The van der Waals surface area contributed by atoms with Crippen molar-refractivity contribution in [1.29, 1.82) is 0 Å². The van der Waals surface area contributed by atoms with Crippen molar-refractivity contribution < 1.29 is 4.42 Å². The number of nitrogens with one attached hydrogen (secondary N) is 1.